The minimum Gasteiger partial charge on any atom is -0.478 e. The average molecular weight is 347 g/mol. The Bertz CT molecular complexity index is 849. The smallest absolute Gasteiger partial charge is 0.345 e. The second-order valence-electron chi connectivity index (χ2n) is 5.55. The molecular weight excluding hydrogens is 330 g/mol. The monoisotopic (exact) mass is 347 g/mol. The van der Waals surface area contributed by atoms with Crippen LogP contribution >= 0.6 is 0 Å². The van der Waals surface area contributed by atoms with Crippen LogP contribution in [0.5, 0.6) is 5.75 Å². The number of benzene rings is 2. The van der Waals surface area contributed by atoms with Crippen molar-refractivity contribution in [2.45, 2.75) is 23.8 Å². The van der Waals surface area contributed by atoms with E-state index in [0.717, 1.165) is 11.1 Å². The van der Waals surface area contributed by atoms with Gasteiger partial charge in [0.15, 0.2) is 6.10 Å². The van der Waals surface area contributed by atoms with Crippen molar-refractivity contribution in [3.63, 3.8) is 0 Å². The molecule has 2 N–H and O–H groups in total. The minimum absolute atomic E-state index is 0.233. The maximum absolute atomic E-state index is 12.1. The molecule has 0 saturated carbocycles. The highest BCUT2D eigenvalue weighted by atomic mass is 32.2. The van der Waals surface area contributed by atoms with Crippen molar-refractivity contribution < 1.29 is 23.1 Å². The number of carboxylic acids is 1. The molecule has 0 radical (unpaired) electrons. The molecule has 1 heterocycles. The number of sulfonamides is 1. The van der Waals surface area contributed by atoms with Gasteiger partial charge in [-0.2, -0.15) is 0 Å². The number of fused-ring (bicyclic) bond motifs is 1. The first-order valence-electron chi connectivity index (χ1n) is 7.52. The molecule has 0 aliphatic carbocycles. The van der Waals surface area contributed by atoms with Crippen molar-refractivity contribution >= 4 is 16.0 Å². The van der Waals surface area contributed by atoms with E-state index in [9.17, 15) is 13.2 Å². The maximum atomic E-state index is 12.1. The standard InChI is InChI=1S/C17H17NO5S/c19-17(20)16-11-13-10-12(6-7-15(13)23-16)8-9-18-24(21,22)14-4-2-1-3-5-14/h1-7,10,16,18H,8-9,11H2,(H,19,20). The Kier molecular flexibility index (Phi) is 4.55. The molecule has 2 aromatic rings. The first-order chi connectivity index (χ1) is 11.5. The van der Waals surface area contributed by atoms with Crippen LogP contribution in [0.15, 0.2) is 53.4 Å². The van der Waals surface area contributed by atoms with Crippen LogP contribution in [0, 0.1) is 0 Å². The Morgan fingerprint density at radius 3 is 2.67 bits per heavy atom. The summed E-state index contributed by atoms with van der Waals surface area (Å²) in [6.07, 6.45) is -0.00227. The van der Waals surface area contributed by atoms with Crippen LogP contribution < -0.4 is 9.46 Å². The van der Waals surface area contributed by atoms with Gasteiger partial charge in [0.05, 0.1) is 4.90 Å². The second kappa shape index (κ2) is 6.62. The molecule has 1 aliphatic rings. The predicted octanol–water partition coefficient (Wildman–Crippen LogP) is 1.60. The number of hydrogen-bond acceptors (Lipinski definition) is 4. The van der Waals surface area contributed by atoms with Gasteiger partial charge in [-0.1, -0.05) is 30.3 Å². The van der Waals surface area contributed by atoms with E-state index in [2.05, 4.69) is 4.72 Å². The molecule has 0 bridgehead atoms. The van der Waals surface area contributed by atoms with Gasteiger partial charge in [-0.05, 0) is 35.7 Å². The summed E-state index contributed by atoms with van der Waals surface area (Å²) in [7, 11) is -3.51. The Hall–Kier alpha value is -2.38. The van der Waals surface area contributed by atoms with E-state index < -0.39 is 22.1 Å². The molecule has 24 heavy (non-hydrogen) atoms. The molecule has 0 saturated heterocycles. The van der Waals surface area contributed by atoms with Gasteiger partial charge < -0.3 is 9.84 Å². The Morgan fingerprint density at radius 2 is 1.96 bits per heavy atom. The van der Waals surface area contributed by atoms with Gasteiger partial charge in [0.2, 0.25) is 10.0 Å². The van der Waals surface area contributed by atoms with E-state index in [4.69, 9.17) is 9.84 Å². The fourth-order valence-corrected chi connectivity index (χ4v) is 3.66. The first kappa shape index (κ1) is 16.5. The van der Waals surface area contributed by atoms with Crippen LogP contribution in [0.25, 0.3) is 0 Å². The van der Waals surface area contributed by atoms with Crippen LogP contribution in [-0.4, -0.2) is 32.1 Å². The van der Waals surface area contributed by atoms with Crippen molar-refractivity contribution in [1.29, 1.82) is 0 Å². The largest absolute Gasteiger partial charge is 0.478 e. The van der Waals surface area contributed by atoms with E-state index in [1.165, 1.54) is 0 Å². The predicted molar refractivity (Wildman–Crippen MR) is 87.5 cm³/mol. The van der Waals surface area contributed by atoms with Gasteiger partial charge in [0, 0.05) is 13.0 Å². The topological polar surface area (TPSA) is 92.7 Å². The molecule has 3 rings (SSSR count). The van der Waals surface area contributed by atoms with Gasteiger partial charge in [-0.25, -0.2) is 17.9 Å². The number of aliphatic carboxylic acids is 1. The Labute approximate surface area is 140 Å². The molecule has 1 aliphatic heterocycles. The lowest BCUT2D eigenvalue weighted by molar-refractivity contribution is -0.144. The molecule has 1 atom stereocenters. The number of nitrogens with one attached hydrogen (secondary N) is 1. The third-order valence-electron chi connectivity index (χ3n) is 3.83. The molecular formula is C17H17NO5S. The van der Waals surface area contributed by atoms with E-state index in [1.54, 1.807) is 36.4 Å². The molecule has 0 spiro atoms. The highest BCUT2D eigenvalue weighted by Crippen LogP contribution is 2.29. The van der Waals surface area contributed by atoms with Crippen molar-refractivity contribution in [3.8, 4) is 5.75 Å². The summed E-state index contributed by atoms with van der Waals surface area (Å²) in [5, 5.41) is 8.99. The molecule has 126 valence electrons. The third kappa shape index (κ3) is 3.58. The Balaban J connectivity index is 1.61. The molecule has 6 nitrogen and oxygen atoms in total. The zero-order chi connectivity index (χ0) is 17.2. The summed E-state index contributed by atoms with van der Waals surface area (Å²) in [4.78, 5) is 11.2. The van der Waals surface area contributed by atoms with Crippen LogP contribution in [0.4, 0.5) is 0 Å². The molecule has 7 heteroatoms. The van der Waals surface area contributed by atoms with Crippen LogP contribution in [0.2, 0.25) is 0 Å². The van der Waals surface area contributed by atoms with Crippen LogP contribution in [-0.2, 0) is 27.7 Å². The van der Waals surface area contributed by atoms with Crippen molar-refractivity contribution in [1.82, 2.24) is 4.72 Å². The quantitative estimate of drug-likeness (QED) is 0.828. The van der Waals surface area contributed by atoms with Crippen molar-refractivity contribution in [2.24, 2.45) is 0 Å². The molecule has 0 amide bonds. The zero-order valence-electron chi connectivity index (χ0n) is 12.8. The number of carboxylic acid groups (broad SMARTS) is 1. The summed E-state index contributed by atoms with van der Waals surface area (Å²) >= 11 is 0. The summed E-state index contributed by atoms with van der Waals surface area (Å²) in [5.41, 5.74) is 1.77. The second-order valence-corrected chi connectivity index (χ2v) is 7.32. The number of ether oxygens (including phenoxy) is 1. The third-order valence-corrected chi connectivity index (χ3v) is 5.31. The Morgan fingerprint density at radius 1 is 1.21 bits per heavy atom. The number of rotatable bonds is 6. The van der Waals surface area contributed by atoms with Gasteiger partial charge in [-0.3, -0.25) is 0 Å². The molecule has 2 aromatic carbocycles. The van der Waals surface area contributed by atoms with E-state index in [0.29, 0.717) is 18.6 Å². The van der Waals surface area contributed by atoms with Gasteiger partial charge in [0.25, 0.3) is 0 Å². The van der Waals surface area contributed by atoms with Crippen LogP contribution in [0.1, 0.15) is 11.1 Å². The summed E-state index contributed by atoms with van der Waals surface area (Å²) in [6.45, 7) is 0.263. The SMILES string of the molecule is O=C(O)C1Cc2cc(CCNS(=O)(=O)c3ccccc3)ccc2O1. The molecule has 1 unspecified atom stereocenters. The maximum Gasteiger partial charge on any atom is 0.345 e. The summed E-state index contributed by atoms with van der Waals surface area (Å²) < 4.78 is 32.2. The lowest BCUT2D eigenvalue weighted by Crippen LogP contribution is -2.25. The fraction of sp³-hybridized carbons (Fsp3) is 0.235. The first-order valence-corrected chi connectivity index (χ1v) is 9.00. The van der Waals surface area contributed by atoms with Crippen molar-refractivity contribution in [2.75, 3.05) is 6.54 Å². The summed E-state index contributed by atoms with van der Waals surface area (Å²) in [5.74, 6) is -0.403. The summed E-state index contributed by atoms with van der Waals surface area (Å²) in [6, 6.07) is 13.6. The highest BCUT2D eigenvalue weighted by molar-refractivity contribution is 7.89. The number of hydrogen-bond donors (Lipinski definition) is 2. The zero-order valence-corrected chi connectivity index (χ0v) is 13.6. The van der Waals surface area contributed by atoms with E-state index >= 15 is 0 Å². The van der Waals surface area contributed by atoms with Crippen molar-refractivity contribution in [3.05, 3.63) is 59.7 Å². The van der Waals surface area contributed by atoms with Crippen LogP contribution in [0.3, 0.4) is 0 Å². The minimum atomic E-state index is -3.51. The molecule has 0 fully saturated rings. The number of carbonyl (C=O) groups is 1. The van der Waals surface area contributed by atoms with E-state index in [1.807, 2.05) is 12.1 Å². The van der Waals surface area contributed by atoms with Gasteiger partial charge >= 0.3 is 5.97 Å². The normalized spacial score (nSPS) is 16.4. The lowest BCUT2D eigenvalue weighted by atomic mass is 10.0. The fourth-order valence-electron chi connectivity index (χ4n) is 2.61. The average Bonchev–Trinajstić information content (AvgIpc) is 2.99. The molecule has 0 aromatic heterocycles. The van der Waals surface area contributed by atoms with Gasteiger partial charge in [0.1, 0.15) is 5.75 Å². The lowest BCUT2D eigenvalue weighted by Gasteiger charge is -2.07. The van der Waals surface area contributed by atoms with Gasteiger partial charge in [-0.15, -0.1) is 0 Å². The highest BCUT2D eigenvalue weighted by Gasteiger charge is 2.28. The van der Waals surface area contributed by atoms with E-state index in [-0.39, 0.29) is 11.4 Å².